The molecule has 1 N–H and O–H groups in total. The largest absolute Gasteiger partial charge is 0.478 e. The van der Waals surface area contributed by atoms with Gasteiger partial charge in [-0.2, -0.15) is 0 Å². The van der Waals surface area contributed by atoms with Gasteiger partial charge in [-0.3, -0.25) is 4.98 Å². The van der Waals surface area contributed by atoms with Crippen molar-refractivity contribution in [1.82, 2.24) is 4.98 Å². The van der Waals surface area contributed by atoms with Gasteiger partial charge >= 0.3 is 5.97 Å². The second kappa shape index (κ2) is 6.48. The van der Waals surface area contributed by atoms with Gasteiger partial charge in [0.1, 0.15) is 0 Å². The molecule has 1 aromatic rings. The van der Waals surface area contributed by atoms with Gasteiger partial charge in [0.15, 0.2) is 0 Å². The molecule has 1 rings (SSSR count). The summed E-state index contributed by atoms with van der Waals surface area (Å²) in [4.78, 5) is 13.0. The summed E-state index contributed by atoms with van der Waals surface area (Å²) in [6.45, 7) is 2.96. The fraction of sp³-hybridized carbons (Fsp3) is 0. The number of aromatic nitrogens is 1. The first-order valence-corrected chi connectivity index (χ1v) is 2.97. The minimum Gasteiger partial charge on any atom is -0.478 e. The summed E-state index contributed by atoms with van der Waals surface area (Å²) in [5.74, 6) is -0.981. The Morgan fingerprint density at radius 1 is 1.36 bits per heavy atom. The van der Waals surface area contributed by atoms with E-state index >= 15 is 0 Å². The van der Waals surface area contributed by atoms with E-state index < -0.39 is 5.97 Å². The molecule has 0 aliphatic rings. The fourth-order valence-electron chi connectivity index (χ4n) is 0.313. The first kappa shape index (κ1) is 9.36. The van der Waals surface area contributed by atoms with Crippen LogP contribution in [-0.2, 0) is 4.79 Å². The summed E-state index contributed by atoms with van der Waals surface area (Å²) in [6.07, 6.45) is 4.33. The first-order valence-electron chi connectivity index (χ1n) is 2.97. The second-order valence-electron chi connectivity index (χ2n) is 1.57. The summed E-state index contributed by atoms with van der Waals surface area (Å²) in [5.41, 5.74) is 0. The van der Waals surface area contributed by atoms with Crippen LogP contribution in [0.25, 0.3) is 0 Å². The van der Waals surface area contributed by atoms with Gasteiger partial charge in [0.2, 0.25) is 0 Å². The molecule has 0 aliphatic heterocycles. The van der Waals surface area contributed by atoms with Gasteiger partial charge in [-0.25, -0.2) is 4.79 Å². The van der Waals surface area contributed by atoms with Crippen LogP contribution in [0.4, 0.5) is 0 Å². The van der Waals surface area contributed by atoms with E-state index in [1.165, 1.54) is 0 Å². The Balaban J connectivity index is 0.000000187. The Morgan fingerprint density at radius 2 is 1.82 bits per heavy atom. The summed E-state index contributed by atoms with van der Waals surface area (Å²) in [7, 11) is 0. The van der Waals surface area contributed by atoms with Crippen LogP contribution in [0.3, 0.4) is 0 Å². The Morgan fingerprint density at radius 3 is 1.91 bits per heavy atom. The highest BCUT2D eigenvalue weighted by Crippen LogP contribution is 1.73. The molecule has 1 heterocycles. The summed E-state index contributed by atoms with van der Waals surface area (Å²) in [6, 6.07) is 5.72. The van der Waals surface area contributed by atoms with Crippen molar-refractivity contribution >= 4 is 5.97 Å². The molecule has 11 heavy (non-hydrogen) atoms. The molecule has 0 amide bonds. The van der Waals surface area contributed by atoms with Crippen molar-refractivity contribution in [2.45, 2.75) is 0 Å². The molecule has 0 aliphatic carbocycles. The Labute approximate surface area is 65.0 Å². The van der Waals surface area contributed by atoms with E-state index in [-0.39, 0.29) is 0 Å². The lowest BCUT2D eigenvalue weighted by Gasteiger charge is -1.70. The Bertz CT molecular complexity index is 182. The van der Waals surface area contributed by atoms with Crippen LogP contribution >= 0.6 is 0 Å². The lowest BCUT2D eigenvalue weighted by atomic mass is 10.5. The zero-order valence-electron chi connectivity index (χ0n) is 5.97. The molecule has 58 valence electrons. The van der Waals surface area contributed by atoms with Gasteiger partial charge in [0, 0.05) is 18.5 Å². The van der Waals surface area contributed by atoms with E-state index in [9.17, 15) is 4.79 Å². The lowest BCUT2D eigenvalue weighted by Crippen LogP contribution is -1.82. The van der Waals surface area contributed by atoms with E-state index in [0.717, 1.165) is 6.08 Å². The molecule has 0 unspecified atom stereocenters. The van der Waals surface area contributed by atoms with Crippen molar-refractivity contribution in [3.05, 3.63) is 43.2 Å². The molecule has 0 aromatic carbocycles. The molecule has 1 aromatic heterocycles. The zero-order chi connectivity index (χ0) is 8.53. The molecule has 3 heteroatoms. The van der Waals surface area contributed by atoms with E-state index in [2.05, 4.69) is 11.6 Å². The van der Waals surface area contributed by atoms with Gasteiger partial charge in [0.25, 0.3) is 0 Å². The van der Waals surface area contributed by atoms with E-state index in [0.29, 0.717) is 0 Å². The van der Waals surface area contributed by atoms with Crippen LogP contribution in [0.15, 0.2) is 43.2 Å². The summed E-state index contributed by atoms with van der Waals surface area (Å²) >= 11 is 0. The number of nitrogens with zero attached hydrogens (tertiary/aromatic N) is 1. The maximum Gasteiger partial charge on any atom is 0.327 e. The van der Waals surface area contributed by atoms with Gasteiger partial charge in [0.05, 0.1) is 0 Å². The highest BCUT2D eigenvalue weighted by Gasteiger charge is 1.73. The molecule has 3 nitrogen and oxygen atoms in total. The Hall–Kier alpha value is -1.64. The number of hydrogen-bond acceptors (Lipinski definition) is 2. The summed E-state index contributed by atoms with van der Waals surface area (Å²) in [5, 5.41) is 7.60. The Kier molecular flexibility index (Phi) is 5.51. The number of hydrogen-bond donors (Lipinski definition) is 1. The molecular formula is C8H9NO2. The topological polar surface area (TPSA) is 50.2 Å². The van der Waals surface area contributed by atoms with Crippen molar-refractivity contribution in [3.63, 3.8) is 0 Å². The molecular weight excluding hydrogens is 142 g/mol. The second-order valence-corrected chi connectivity index (χ2v) is 1.57. The predicted octanol–water partition coefficient (Wildman–Crippen LogP) is 1.34. The van der Waals surface area contributed by atoms with Crippen LogP contribution in [-0.4, -0.2) is 16.1 Å². The van der Waals surface area contributed by atoms with Crippen LogP contribution in [0, 0.1) is 0 Å². The SMILES string of the molecule is C=CC(=O)O.c1ccncc1. The number of rotatable bonds is 1. The van der Waals surface area contributed by atoms with Crippen molar-refractivity contribution in [1.29, 1.82) is 0 Å². The van der Waals surface area contributed by atoms with Crippen molar-refractivity contribution in [3.8, 4) is 0 Å². The number of aliphatic carboxylic acids is 1. The summed E-state index contributed by atoms with van der Waals surface area (Å²) < 4.78 is 0. The molecule has 0 spiro atoms. The third-order valence-corrected chi connectivity index (χ3v) is 0.741. The molecule has 0 saturated heterocycles. The average molecular weight is 151 g/mol. The van der Waals surface area contributed by atoms with Crippen LogP contribution < -0.4 is 0 Å². The lowest BCUT2D eigenvalue weighted by molar-refractivity contribution is -0.131. The number of carboxylic acids is 1. The minimum atomic E-state index is -0.981. The van der Waals surface area contributed by atoms with Crippen LogP contribution in [0.1, 0.15) is 0 Å². The van der Waals surface area contributed by atoms with E-state index in [4.69, 9.17) is 5.11 Å². The van der Waals surface area contributed by atoms with Gasteiger partial charge in [-0.15, -0.1) is 0 Å². The highest BCUT2D eigenvalue weighted by atomic mass is 16.4. The highest BCUT2D eigenvalue weighted by molar-refractivity contribution is 5.78. The average Bonchev–Trinajstić information content (AvgIpc) is 2.09. The monoisotopic (exact) mass is 151 g/mol. The maximum absolute atomic E-state index is 9.25. The molecule has 0 radical (unpaired) electrons. The smallest absolute Gasteiger partial charge is 0.327 e. The third kappa shape index (κ3) is 8.36. The molecule has 0 saturated carbocycles. The van der Waals surface area contributed by atoms with Crippen molar-refractivity contribution in [2.75, 3.05) is 0 Å². The minimum absolute atomic E-state index is 0.833. The standard InChI is InChI=1S/C5H5N.C3H4O2/c1-2-4-6-5-3-1;1-2-3(4)5/h1-5H;2H,1H2,(H,4,5). The van der Waals surface area contributed by atoms with Crippen LogP contribution in [0.2, 0.25) is 0 Å². The number of carboxylic acid groups (broad SMARTS) is 1. The normalized spacial score (nSPS) is 7.27. The molecule has 0 atom stereocenters. The molecule has 0 fully saturated rings. The van der Waals surface area contributed by atoms with Gasteiger partial charge in [-0.1, -0.05) is 12.6 Å². The first-order chi connectivity index (χ1) is 5.27. The third-order valence-electron chi connectivity index (χ3n) is 0.741. The van der Waals surface area contributed by atoms with Gasteiger partial charge in [-0.05, 0) is 12.1 Å². The van der Waals surface area contributed by atoms with Crippen LogP contribution in [0.5, 0.6) is 0 Å². The fourth-order valence-corrected chi connectivity index (χ4v) is 0.313. The van der Waals surface area contributed by atoms with E-state index in [1.807, 2.05) is 18.2 Å². The number of carbonyl (C=O) groups is 1. The van der Waals surface area contributed by atoms with E-state index in [1.54, 1.807) is 12.4 Å². The van der Waals surface area contributed by atoms with Gasteiger partial charge < -0.3 is 5.11 Å². The van der Waals surface area contributed by atoms with Crippen molar-refractivity contribution in [2.24, 2.45) is 0 Å². The maximum atomic E-state index is 9.25. The quantitative estimate of drug-likeness (QED) is 0.616. The number of pyridine rings is 1. The van der Waals surface area contributed by atoms with Crippen molar-refractivity contribution < 1.29 is 9.90 Å². The predicted molar refractivity (Wildman–Crippen MR) is 42.1 cm³/mol. The zero-order valence-corrected chi connectivity index (χ0v) is 5.97. The molecule has 0 bridgehead atoms.